The standard InChI is InChI=1S/C49H94NO7P/c1-6-8-10-12-14-16-18-20-22-24-25-27-29-31-33-35-37-39-41-44-54-46-48(47-56-58(52,53)55-45-43-50(3,4)5)57-49(51)42-40-38-36-34-32-30-28-26-23-21-19-17-15-13-11-9-7-2/h15,17,21-24,48H,6-14,16,18-20,25-47H2,1-5H3/p+1/b17-15-,23-21-,24-22-. The Morgan fingerprint density at radius 1 is 0.534 bits per heavy atom. The van der Waals surface area contributed by atoms with Crippen molar-refractivity contribution in [2.75, 3.05) is 54.1 Å². The summed E-state index contributed by atoms with van der Waals surface area (Å²) in [4.78, 5) is 22.9. The van der Waals surface area contributed by atoms with Crippen molar-refractivity contribution < 1.29 is 37.3 Å². The van der Waals surface area contributed by atoms with E-state index in [4.69, 9.17) is 18.5 Å². The highest BCUT2D eigenvalue weighted by atomic mass is 31.2. The van der Waals surface area contributed by atoms with E-state index in [1.165, 1.54) is 148 Å². The molecule has 0 rings (SSSR count). The van der Waals surface area contributed by atoms with E-state index in [1.54, 1.807) is 0 Å². The largest absolute Gasteiger partial charge is 0.472 e. The number of hydrogen-bond donors (Lipinski definition) is 1. The van der Waals surface area contributed by atoms with Gasteiger partial charge in [-0.2, -0.15) is 0 Å². The number of esters is 1. The van der Waals surface area contributed by atoms with Crippen LogP contribution in [0.3, 0.4) is 0 Å². The van der Waals surface area contributed by atoms with Gasteiger partial charge in [-0.3, -0.25) is 13.8 Å². The quantitative estimate of drug-likeness (QED) is 0.0215. The van der Waals surface area contributed by atoms with Crippen LogP contribution >= 0.6 is 7.82 Å². The number of likely N-dealkylation sites (N-methyl/N-ethyl adjacent to an activating group) is 1. The number of phosphoric ester groups is 1. The molecular weight excluding hydrogens is 746 g/mol. The average Bonchev–Trinajstić information content (AvgIpc) is 3.18. The molecule has 9 heteroatoms. The highest BCUT2D eigenvalue weighted by molar-refractivity contribution is 7.47. The number of nitrogens with zero attached hydrogens (tertiary/aromatic N) is 1. The van der Waals surface area contributed by atoms with Crippen LogP contribution in [0.1, 0.15) is 213 Å². The molecule has 0 radical (unpaired) electrons. The monoisotopic (exact) mass is 841 g/mol. The minimum Gasteiger partial charge on any atom is -0.457 e. The third-order valence-electron chi connectivity index (χ3n) is 10.4. The lowest BCUT2D eigenvalue weighted by Crippen LogP contribution is -2.37. The van der Waals surface area contributed by atoms with Gasteiger partial charge in [0.2, 0.25) is 0 Å². The molecule has 342 valence electrons. The van der Waals surface area contributed by atoms with E-state index in [1.807, 2.05) is 21.1 Å². The van der Waals surface area contributed by atoms with Gasteiger partial charge in [0.25, 0.3) is 0 Å². The Hall–Kier alpha value is -1.28. The maximum absolute atomic E-state index is 12.7. The van der Waals surface area contributed by atoms with Crippen molar-refractivity contribution in [1.82, 2.24) is 0 Å². The topological polar surface area (TPSA) is 91.3 Å². The van der Waals surface area contributed by atoms with Gasteiger partial charge in [0, 0.05) is 13.0 Å². The molecule has 0 aromatic carbocycles. The first-order chi connectivity index (χ1) is 28.1. The summed E-state index contributed by atoms with van der Waals surface area (Å²) in [5.74, 6) is -0.321. The predicted molar refractivity (Wildman–Crippen MR) is 247 cm³/mol. The molecule has 0 aliphatic carbocycles. The number of allylic oxidation sites excluding steroid dienone is 6. The predicted octanol–water partition coefficient (Wildman–Crippen LogP) is 14.6. The van der Waals surface area contributed by atoms with Gasteiger partial charge >= 0.3 is 13.8 Å². The van der Waals surface area contributed by atoms with Crippen molar-refractivity contribution in [3.8, 4) is 0 Å². The smallest absolute Gasteiger partial charge is 0.457 e. The first-order valence-corrected chi connectivity index (χ1v) is 25.7. The normalized spacial score (nSPS) is 14.0. The average molecular weight is 841 g/mol. The van der Waals surface area contributed by atoms with Crippen LogP contribution in [0.4, 0.5) is 0 Å². The minimum absolute atomic E-state index is 0.0865. The molecule has 0 aromatic rings. The summed E-state index contributed by atoms with van der Waals surface area (Å²) >= 11 is 0. The Kier molecular flexibility index (Phi) is 41.5. The van der Waals surface area contributed by atoms with Gasteiger partial charge in [0.05, 0.1) is 34.4 Å². The van der Waals surface area contributed by atoms with Crippen molar-refractivity contribution in [3.05, 3.63) is 36.5 Å². The Balaban J connectivity index is 4.19. The number of unbranched alkanes of at least 4 members (excludes halogenated alkanes) is 25. The van der Waals surface area contributed by atoms with E-state index in [2.05, 4.69) is 50.3 Å². The second-order valence-electron chi connectivity index (χ2n) is 17.5. The second kappa shape index (κ2) is 42.4. The molecule has 2 unspecified atom stereocenters. The highest BCUT2D eigenvalue weighted by Gasteiger charge is 2.26. The van der Waals surface area contributed by atoms with Gasteiger partial charge in [-0.15, -0.1) is 0 Å². The Bertz CT molecular complexity index is 1020. The molecule has 0 saturated heterocycles. The van der Waals surface area contributed by atoms with E-state index in [0.717, 1.165) is 44.9 Å². The summed E-state index contributed by atoms with van der Waals surface area (Å²) in [6.07, 6.45) is 50.3. The number of carbonyl (C=O) groups excluding carboxylic acids is 1. The Morgan fingerprint density at radius 3 is 1.45 bits per heavy atom. The lowest BCUT2D eigenvalue weighted by Gasteiger charge is -2.24. The lowest BCUT2D eigenvalue weighted by atomic mass is 10.1. The van der Waals surface area contributed by atoms with Crippen LogP contribution in [-0.4, -0.2) is 75.6 Å². The van der Waals surface area contributed by atoms with Crippen molar-refractivity contribution in [2.24, 2.45) is 0 Å². The van der Waals surface area contributed by atoms with Gasteiger partial charge in [-0.05, 0) is 70.6 Å². The molecule has 0 aliphatic heterocycles. The van der Waals surface area contributed by atoms with Gasteiger partial charge in [0.15, 0.2) is 0 Å². The van der Waals surface area contributed by atoms with Crippen LogP contribution in [0.2, 0.25) is 0 Å². The first kappa shape index (κ1) is 56.7. The van der Waals surface area contributed by atoms with Crippen molar-refractivity contribution >= 4 is 13.8 Å². The van der Waals surface area contributed by atoms with Crippen LogP contribution in [-0.2, 0) is 27.9 Å². The Labute approximate surface area is 359 Å². The SMILES string of the molecule is CCCCC/C=C\C/C=C\CCCCCCCCCC(=O)OC(COCCCCCCCCCC/C=C\CCCCCCCCC)COP(=O)(O)OCC[N+](C)(C)C. The summed E-state index contributed by atoms with van der Waals surface area (Å²) in [5.41, 5.74) is 0. The Morgan fingerprint density at radius 2 is 0.948 bits per heavy atom. The fraction of sp³-hybridized carbons (Fsp3) is 0.857. The summed E-state index contributed by atoms with van der Waals surface area (Å²) in [6.45, 7) is 5.60. The zero-order chi connectivity index (χ0) is 42.7. The summed E-state index contributed by atoms with van der Waals surface area (Å²) in [6, 6.07) is 0. The highest BCUT2D eigenvalue weighted by Crippen LogP contribution is 2.43. The molecule has 0 aliphatic rings. The van der Waals surface area contributed by atoms with E-state index < -0.39 is 13.9 Å². The summed E-state index contributed by atoms with van der Waals surface area (Å²) in [7, 11) is 1.66. The molecule has 2 atom stereocenters. The molecule has 0 bridgehead atoms. The number of quaternary nitrogens is 1. The molecule has 58 heavy (non-hydrogen) atoms. The van der Waals surface area contributed by atoms with Gasteiger partial charge < -0.3 is 18.9 Å². The third-order valence-corrected chi connectivity index (χ3v) is 11.4. The maximum Gasteiger partial charge on any atom is 0.472 e. The molecule has 0 fully saturated rings. The lowest BCUT2D eigenvalue weighted by molar-refractivity contribution is -0.870. The van der Waals surface area contributed by atoms with Crippen molar-refractivity contribution in [1.29, 1.82) is 0 Å². The number of phosphoric acid groups is 1. The number of rotatable bonds is 45. The number of hydrogen-bond acceptors (Lipinski definition) is 6. The van der Waals surface area contributed by atoms with Crippen LogP contribution < -0.4 is 0 Å². The van der Waals surface area contributed by atoms with E-state index in [-0.39, 0.29) is 25.8 Å². The zero-order valence-electron chi connectivity index (χ0n) is 38.8. The maximum atomic E-state index is 12.7. The molecule has 1 N–H and O–H groups in total. The van der Waals surface area contributed by atoms with Crippen LogP contribution in [0.5, 0.6) is 0 Å². The molecule has 0 aromatic heterocycles. The van der Waals surface area contributed by atoms with Gasteiger partial charge in [-0.1, -0.05) is 172 Å². The van der Waals surface area contributed by atoms with Crippen LogP contribution in [0.15, 0.2) is 36.5 Å². The molecule has 0 spiro atoms. The number of ether oxygens (including phenoxy) is 2. The van der Waals surface area contributed by atoms with Crippen LogP contribution in [0.25, 0.3) is 0 Å². The fourth-order valence-electron chi connectivity index (χ4n) is 6.64. The number of carbonyl (C=O) groups is 1. The van der Waals surface area contributed by atoms with E-state index >= 15 is 0 Å². The van der Waals surface area contributed by atoms with Gasteiger partial charge in [0.1, 0.15) is 19.3 Å². The van der Waals surface area contributed by atoms with Crippen LogP contribution in [0, 0.1) is 0 Å². The fourth-order valence-corrected chi connectivity index (χ4v) is 7.38. The minimum atomic E-state index is -4.28. The molecule has 0 amide bonds. The molecular formula is C49H95NO7P+. The third kappa shape index (κ3) is 45.8. The van der Waals surface area contributed by atoms with Crippen molar-refractivity contribution in [2.45, 2.75) is 219 Å². The van der Waals surface area contributed by atoms with E-state index in [0.29, 0.717) is 24.1 Å². The zero-order valence-corrected chi connectivity index (χ0v) is 39.7. The summed E-state index contributed by atoms with van der Waals surface area (Å²) in [5, 5.41) is 0. The van der Waals surface area contributed by atoms with Gasteiger partial charge in [-0.25, -0.2) is 4.57 Å². The van der Waals surface area contributed by atoms with Crippen molar-refractivity contribution in [3.63, 3.8) is 0 Å². The summed E-state index contributed by atoms with van der Waals surface area (Å²) < 4.78 is 35.1. The molecule has 0 saturated carbocycles. The second-order valence-corrected chi connectivity index (χ2v) is 18.9. The first-order valence-electron chi connectivity index (χ1n) is 24.2. The molecule has 0 heterocycles. The van der Waals surface area contributed by atoms with E-state index in [9.17, 15) is 14.3 Å². The molecule has 8 nitrogen and oxygen atoms in total.